The second-order valence-corrected chi connectivity index (χ2v) is 4.52. The normalized spacial score (nSPS) is 11.4. The highest BCUT2D eigenvalue weighted by atomic mass is 19.1. The van der Waals surface area contributed by atoms with Crippen LogP contribution in [-0.4, -0.2) is 11.0 Å². The number of benzene rings is 2. The zero-order valence-corrected chi connectivity index (χ0v) is 11.1. The number of amidine groups is 1. The lowest BCUT2D eigenvalue weighted by atomic mass is 10.1. The Hall–Kier alpha value is -2.56. The van der Waals surface area contributed by atoms with E-state index in [-0.39, 0.29) is 11.7 Å². The van der Waals surface area contributed by atoms with E-state index in [1.165, 1.54) is 6.07 Å². The summed E-state index contributed by atoms with van der Waals surface area (Å²) in [5.41, 5.74) is 8.44. The summed E-state index contributed by atoms with van der Waals surface area (Å²) in [6, 6.07) is 12.2. The number of halogens is 1. The fraction of sp³-hybridized carbons (Fsp3) is 0.133. The van der Waals surface area contributed by atoms with E-state index in [9.17, 15) is 4.39 Å². The van der Waals surface area contributed by atoms with Gasteiger partial charge in [-0.2, -0.15) is 0 Å². The highest BCUT2D eigenvalue weighted by Crippen LogP contribution is 2.16. The molecule has 0 aromatic heterocycles. The lowest BCUT2D eigenvalue weighted by Crippen LogP contribution is -2.13. The van der Waals surface area contributed by atoms with Gasteiger partial charge in [-0.1, -0.05) is 35.5 Å². The van der Waals surface area contributed by atoms with Crippen molar-refractivity contribution in [2.24, 2.45) is 10.9 Å². The molecule has 0 bridgehead atoms. The van der Waals surface area contributed by atoms with E-state index >= 15 is 0 Å². The molecule has 2 aromatic rings. The van der Waals surface area contributed by atoms with Gasteiger partial charge in [0.15, 0.2) is 5.84 Å². The molecule has 0 aliphatic heterocycles. The van der Waals surface area contributed by atoms with Crippen molar-refractivity contribution in [1.29, 1.82) is 0 Å². The summed E-state index contributed by atoms with van der Waals surface area (Å²) in [5.74, 6) is -0.202. The maximum atomic E-state index is 13.6. The van der Waals surface area contributed by atoms with Crippen LogP contribution in [0.25, 0.3) is 0 Å². The first-order valence-corrected chi connectivity index (χ1v) is 6.17. The van der Waals surface area contributed by atoms with Gasteiger partial charge in [0.2, 0.25) is 0 Å². The van der Waals surface area contributed by atoms with Crippen LogP contribution in [0.15, 0.2) is 47.6 Å². The third-order valence-corrected chi connectivity index (χ3v) is 2.96. The van der Waals surface area contributed by atoms with E-state index in [2.05, 4.69) is 10.5 Å². The van der Waals surface area contributed by atoms with Crippen LogP contribution in [0.2, 0.25) is 0 Å². The number of anilines is 1. The Morgan fingerprint density at radius 3 is 2.55 bits per heavy atom. The standard InChI is InChI=1S/C15H16FN3O/c1-10-2-7-14(13(16)8-10)18-9-11-3-5-12(6-4-11)15(17)19-20/h2-8,18,20H,9H2,1H3,(H2,17,19). The molecule has 0 fully saturated rings. The quantitative estimate of drug-likeness (QED) is 0.347. The molecule has 2 aromatic carbocycles. The zero-order chi connectivity index (χ0) is 14.5. The number of rotatable bonds is 4. The summed E-state index contributed by atoms with van der Waals surface area (Å²) in [5, 5.41) is 14.5. The van der Waals surface area contributed by atoms with Crippen molar-refractivity contribution < 1.29 is 9.60 Å². The highest BCUT2D eigenvalue weighted by molar-refractivity contribution is 5.96. The van der Waals surface area contributed by atoms with Crippen molar-refractivity contribution in [3.8, 4) is 0 Å². The zero-order valence-electron chi connectivity index (χ0n) is 11.1. The van der Waals surface area contributed by atoms with Gasteiger partial charge in [-0.25, -0.2) is 4.39 Å². The summed E-state index contributed by atoms with van der Waals surface area (Å²) >= 11 is 0. The van der Waals surface area contributed by atoms with Crippen LogP contribution in [0, 0.1) is 12.7 Å². The van der Waals surface area contributed by atoms with Crippen LogP contribution in [0.5, 0.6) is 0 Å². The van der Waals surface area contributed by atoms with Gasteiger partial charge in [-0.15, -0.1) is 0 Å². The Kier molecular flexibility index (Phi) is 4.20. The van der Waals surface area contributed by atoms with Crippen LogP contribution in [-0.2, 0) is 6.54 Å². The maximum absolute atomic E-state index is 13.6. The molecule has 0 aliphatic rings. The number of hydrogen-bond acceptors (Lipinski definition) is 3. The summed E-state index contributed by atoms with van der Waals surface area (Å²) in [4.78, 5) is 0. The Labute approximate surface area is 116 Å². The average molecular weight is 273 g/mol. The Morgan fingerprint density at radius 1 is 1.25 bits per heavy atom. The van der Waals surface area contributed by atoms with Gasteiger partial charge in [-0.05, 0) is 30.2 Å². The van der Waals surface area contributed by atoms with Gasteiger partial charge < -0.3 is 16.3 Å². The predicted octanol–water partition coefficient (Wildman–Crippen LogP) is 2.84. The first kappa shape index (κ1) is 13.9. The topological polar surface area (TPSA) is 70.6 Å². The lowest BCUT2D eigenvalue weighted by Gasteiger charge is -2.09. The van der Waals surface area contributed by atoms with Gasteiger partial charge in [0.25, 0.3) is 0 Å². The van der Waals surface area contributed by atoms with E-state index < -0.39 is 0 Å². The molecule has 0 unspecified atom stereocenters. The smallest absolute Gasteiger partial charge is 0.170 e. The third kappa shape index (κ3) is 3.26. The van der Waals surface area contributed by atoms with Gasteiger partial charge in [-0.3, -0.25) is 0 Å². The number of nitrogens with one attached hydrogen (secondary N) is 1. The molecule has 4 N–H and O–H groups in total. The van der Waals surface area contributed by atoms with Crippen molar-refractivity contribution in [1.82, 2.24) is 0 Å². The van der Waals surface area contributed by atoms with Gasteiger partial charge in [0, 0.05) is 12.1 Å². The monoisotopic (exact) mass is 273 g/mol. The molecule has 0 atom stereocenters. The van der Waals surface area contributed by atoms with Crippen LogP contribution in [0.4, 0.5) is 10.1 Å². The SMILES string of the molecule is Cc1ccc(NCc2ccc(C(N)=NO)cc2)c(F)c1. The van der Waals surface area contributed by atoms with Crippen molar-refractivity contribution >= 4 is 11.5 Å². The molecule has 0 heterocycles. The molecule has 0 spiro atoms. The fourth-order valence-electron chi connectivity index (χ4n) is 1.81. The van der Waals surface area contributed by atoms with Crippen LogP contribution in [0.3, 0.4) is 0 Å². The maximum Gasteiger partial charge on any atom is 0.170 e. The molecule has 2 rings (SSSR count). The Morgan fingerprint density at radius 2 is 1.95 bits per heavy atom. The van der Waals surface area contributed by atoms with E-state index in [0.717, 1.165) is 11.1 Å². The molecule has 0 saturated carbocycles. The second-order valence-electron chi connectivity index (χ2n) is 4.52. The average Bonchev–Trinajstić information content (AvgIpc) is 2.46. The molecule has 0 aliphatic carbocycles. The molecular formula is C15H16FN3O. The molecule has 4 nitrogen and oxygen atoms in total. The first-order chi connectivity index (χ1) is 9.60. The number of aryl methyl sites for hydroxylation is 1. The fourth-order valence-corrected chi connectivity index (χ4v) is 1.81. The minimum absolute atomic E-state index is 0.0640. The van der Waals surface area contributed by atoms with E-state index in [0.29, 0.717) is 17.8 Å². The number of nitrogens with zero attached hydrogens (tertiary/aromatic N) is 1. The van der Waals surface area contributed by atoms with Gasteiger partial charge in [0.1, 0.15) is 5.82 Å². The second kappa shape index (κ2) is 6.06. The molecule has 0 amide bonds. The van der Waals surface area contributed by atoms with Crippen LogP contribution in [0.1, 0.15) is 16.7 Å². The van der Waals surface area contributed by atoms with Gasteiger partial charge in [0.05, 0.1) is 5.69 Å². The third-order valence-electron chi connectivity index (χ3n) is 2.96. The lowest BCUT2D eigenvalue weighted by molar-refractivity contribution is 0.318. The Balaban J connectivity index is 2.04. The summed E-state index contributed by atoms with van der Waals surface area (Å²) in [7, 11) is 0. The van der Waals surface area contributed by atoms with Crippen molar-refractivity contribution in [3.05, 3.63) is 65.0 Å². The first-order valence-electron chi connectivity index (χ1n) is 6.17. The largest absolute Gasteiger partial charge is 0.409 e. The molecule has 20 heavy (non-hydrogen) atoms. The van der Waals surface area contributed by atoms with Crippen molar-refractivity contribution in [2.45, 2.75) is 13.5 Å². The molecule has 0 radical (unpaired) electrons. The van der Waals surface area contributed by atoms with E-state index in [1.54, 1.807) is 18.2 Å². The van der Waals surface area contributed by atoms with Crippen LogP contribution >= 0.6 is 0 Å². The van der Waals surface area contributed by atoms with E-state index in [1.807, 2.05) is 25.1 Å². The number of oxime groups is 1. The summed E-state index contributed by atoms with van der Waals surface area (Å²) in [6.07, 6.45) is 0. The van der Waals surface area contributed by atoms with Crippen molar-refractivity contribution in [3.63, 3.8) is 0 Å². The molecule has 104 valence electrons. The predicted molar refractivity (Wildman–Crippen MR) is 77.4 cm³/mol. The van der Waals surface area contributed by atoms with Crippen LogP contribution < -0.4 is 11.1 Å². The van der Waals surface area contributed by atoms with Crippen molar-refractivity contribution in [2.75, 3.05) is 5.32 Å². The molecule has 0 saturated heterocycles. The summed E-state index contributed by atoms with van der Waals surface area (Å²) < 4.78 is 13.6. The molecule has 5 heteroatoms. The van der Waals surface area contributed by atoms with E-state index in [4.69, 9.17) is 10.9 Å². The van der Waals surface area contributed by atoms with Gasteiger partial charge >= 0.3 is 0 Å². The minimum atomic E-state index is -0.265. The summed E-state index contributed by atoms with van der Waals surface area (Å²) in [6.45, 7) is 2.34. The Bertz CT molecular complexity index is 624. The number of nitrogens with two attached hydrogens (primary N) is 1. The highest BCUT2D eigenvalue weighted by Gasteiger charge is 2.03. The minimum Gasteiger partial charge on any atom is -0.409 e. The molecular weight excluding hydrogens is 257 g/mol. The number of hydrogen-bond donors (Lipinski definition) is 3.